The van der Waals surface area contributed by atoms with Crippen molar-refractivity contribution in [3.63, 3.8) is 0 Å². The maximum absolute atomic E-state index is 12.1. The average Bonchev–Trinajstić information content (AvgIpc) is 2.37. The van der Waals surface area contributed by atoms with Crippen LogP contribution in [0.5, 0.6) is 0 Å². The zero-order valence-corrected chi connectivity index (χ0v) is 12.9. The number of halogens is 1. The molecule has 1 unspecified atom stereocenters. The van der Waals surface area contributed by atoms with E-state index in [1.807, 2.05) is 32.0 Å². The van der Waals surface area contributed by atoms with E-state index in [0.717, 1.165) is 16.6 Å². The number of benzene rings is 1. The van der Waals surface area contributed by atoms with Crippen molar-refractivity contribution in [2.45, 2.75) is 25.4 Å². The third-order valence-corrected chi connectivity index (χ3v) is 4.50. The largest absolute Gasteiger partial charge is 0.353 e. The van der Waals surface area contributed by atoms with E-state index in [4.69, 9.17) is 5.73 Å². The van der Waals surface area contributed by atoms with Gasteiger partial charge in [0.25, 0.3) is 0 Å². The molecule has 1 aromatic rings. The van der Waals surface area contributed by atoms with Crippen molar-refractivity contribution in [2.24, 2.45) is 5.73 Å². The van der Waals surface area contributed by atoms with Crippen LogP contribution in [0.2, 0.25) is 0 Å². The van der Waals surface area contributed by atoms with Crippen molar-refractivity contribution in [2.75, 3.05) is 19.6 Å². The Morgan fingerprint density at radius 3 is 2.79 bits per heavy atom. The van der Waals surface area contributed by atoms with Gasteiger partial charge in [-0.3, -0.25) is 9.69 Å². The Morgan fingerprint density at radius 1 is 1.47 bits per heavy atom. The van der Waals surface area contributed by atoms with Crippen LogP contribution >= 0.6 is 15.9 Å². The molecule has 2 rings (SSSR count). The van der Waals surface area contributed by atoms with Crippen molar-refractivity contribution in [1.82, 2.24) is 10.2 Å². The number of carbonyl (C=O) groups is 1. The lowest BCUT2D eigenvalue weighted by atomic mass is 9.93. The minimum Gasteiger partial charge on any atom is -0.353 e. The van der Waals surface area contributed by atoms with Crippen molar-refractivity contribution in [1.29, 1.82) is 0 Å². The fraction of sp³-hybridized carbons (Fsp3) is 0.500. The van der Waals surface area contributed by atoms with E-state index in [1.165, 1.54) is 0 Å². The highest BCUT2D eigenvalue weighted by atomic mass is 79.9. The third kappa shape index (κ3) is 2.68. The number of nitrogens with one attached hydrogen (secondary N) is 1. The molecule has 5 heteroatoms. The van der Waals surface area contributed by atoms with Gasteiger partial charge < -0.3 is 11.1 Å². The second-order valence-corrected chi connectivity index (χ2v) is 6.14. The Kier molecular flexibility index (Phi) is 4.28. The summed E-state index contributed by atoms with van der Waals surface area (Å²) in [6.07, 6.45) is 0. The number of rotatable bonds is 3. The highest BCUT2D eigenvalue weighted by molar-refractivity contribution is 9.10. The van der Waals surface area contributed by atoms with Gasteiger partial charge in [-0.05, 0) is 25.5 Å². The average molecular weight is 326 g/mol. The van der Waals surface area contributed by atoms with E-state index in [2.05, 4.69) is 32.2 Å². The number of piperazine rings is 1. The molecule has 1 atom stereocenters. The van der Waals surface area contributed by atoms with E-state index >= 15 is 0 Å². The molecule has 4 nitrogen and oxygen atoms in total. The zero-order chi connectivity index (χ0) is 14.0. The molecule has 1 aliphatic rings. The zero-order valence-electron chi connectivity index (χ0n) is 11.3. The first-order valence-electron chi connectivity index (χ1n) is 6.48. The predicted octanol–water partition coefficient (Wildman–Crippen LogP) is 1.66. The SMILES string of the molecule is CC1(C)C(=O)NCCN1C(CN)c1ccccc1Br. The molecular weight excluding hydrogens is 306 g/mol. The fourth-order valence-electron chi connectivity index (χ4n) is 2.63. The Bertz CT molecular complexity index is 476. The van der Waals surface area contributed by atoms with Gasteiger partial charge in [0.2, 0.25) is 5.91 Å². The van der Waals surface area contributed by atoms with E-state index in [-0.39, 0.29) is 11.9 Å². The van der Waals surface area contributed by atoms with Gasteiger partial charge in [0, 0.05) is 30.1 Å². The minimum atomic E-state index is -0.544. The highest BCUT2D eigenvalue weighted by Gasteiger charge is 2.41. The number of nitrogens with zero attached hydrogens (tertiary/aromatic N) is 1. The van der Waals surface area contributed by atoms with Crippen molar-refractivity contribution in [3.8, 4) is 0 Å². The van der Waals surface area contributed by atoms with Crippen LogP contribution in [0.3, 0.4) is 0 Å². The first-order valence-corrected chi connectivity index (χ1v) is 7.27. The molecule has 1 heterocycles. The minimum absolute atomic E-state index is 0.0385. The molecule has 19 heavy (non-hydrogen) atoms. The summed E-state index contributed by atoms with van der Waals surface area (Å²) >= 11 is 3.57. The topological polar surface area (TPSA) is 58.4 Å². The molecule has 1 aromatic carbocycles. The summed E-state index contributed by atoms with van der Waals surface area (Å²) in [5.41, 5.74) is 6.56. The molecule has 0 aliphatic carbocycles. The molecule has 0 bridgehead atoms. The molecule has 1 fully saturated rings. The molecule has 3 N–H and O–H groups in total. The lowest BCUT2D eigenvalue weighted by molar-refractivity contribution is -0.137. The number of nitrogens with two attached hydrogens (primary N) is 1. The molecule has 0 saturated carbocycles. The Balaban J connectivity index is 2.37. The summed E-state index contributed by atoms with van der Waals surface area (Å²) in [6, 6.07) is 8.09. The molecule has 104 valence electrons. The second kappa shape index (κ2) is 5.61. The summed E-state index contributed by atoms with van der Waals surface area (Å²) in [5.74, 6) is 0.0595. The first kappa shape index (κ1) is 14.5. The lowest BCUT2D eigenvalue weighted by Crippen LogP contribution is -2.63. The van der Waals surface area contributed by atoms with Crippen molar-refractivity contribution < 1.29 is 4.79 Å². The predicted molar refractivity (Wildman–Crippen MR) is 79.7 cm³/mol. The number of amides is 1. The van der Waals surface area contributed by atoms with Crippen LogP contribution in [-0.2, 0) is 4.79 Å². The van der Waals surface area contributed by atoms with Gasteiger partial charge in [-0.15, -0.1) is 0 Å². The monoisotopic (exact) mass is 325 g/mol. The first-order chi connectivity index (χ1) is 8.98. The Hall–Kier alpha value is -0.910. The maximum atomic E-state index is 12.1. The molecule has 1 saturated heterocycles. The van der Waals surface area contributed by atoms with Crippen LogP contribution in [0.15, 0.2) is 28.7 Å². The molecular formula is C14H20BrN3O. The quantitative estimate of drug-likeness (QED) is 0.888. The lowest BCUT2D eigenvalue weighted by Gasteiger charge is -2.45. The molecule has 0 aromatic heterocycles. The Labute approximate surface area is 122 Å². The maximum Gasteiger partial charge on any atom is 0.240 e. The van der Waals surface area contributed by atoms with E-state index in [9.17, 15) is 4.79 Å². The summed E-state index contributed by atoms with van der Waals surface area (Å²) in [6.45, 7) is 5.85. The van der Waals surface area contributed by atoms with Gasteiger partial charge in [0.05, 0.1) is 5.54 Å². The standard InChI is InChI=1S/C14H20BrN3O/c1-14(2)13(19)17-7-8-18(14)12(9-16)10-5-3-4-6-11(10)15/h3-6,12H,7-9,16H2,1-2H3,(H,17,19). The van der Waals surface area contributed by atoms with E-state index in [0.29, 0.717) is 13.1 Å². The number of hydrogen-bond donors (Lipinski definition) is 2. The summed E-state index contributed by atoms with van der Waals surface area (Å²) in [5, 5.41) is 2.91. The van der Waals surface area contributed by atoms with E-state index in [1.54, 1.807) is 0 Å². The van der Waals surface area contributed by atoms with Gasteiger partial charge in [-0.1, -0.05) is 34.1 Å². The van der Waals surface area contributed by atoms with Crippen LogP contribution in [0, 0.1) is 0 Å². The molecule has 0 radical (unpaired) electrons. The van der Waals surface area contributed by atoms with Gasteiger partial charge in [0.1, 0.15) is 0 Å². The normalized spacial score (nSPS) is 20.9. The van der Waals surface area contributed by atoms with E-state index < -0.39 is 5.54 Å². The van der Waals surface area contributed by atoms with Gasteiger partial charge in [0.15, 0.2) is 0 Å². The Morgan fingerprint density at radius 2 is 2.16 bits per heavy atom. The number of carbonyl (C=O) groups excluding carboxylic acids is 1. The third-order valence-electron chi connectivity index (χ3n) is 3.78. The van der Waals surface area contributed by atoms with Crippen LogP contribution < -0.4 is 11.1 Å². The highest BCUT2D eigenvalue weighted by Crippen LogP contribution is 2.32. The van der Waals surface area contributed by atoms with Crippen LogP contribution in [0.1, 0.15) is 25.5 Å². The van der Waals surface area contributed by atoms with Crippen LogP contribution in [0.4, 0.5) is 0 Å². The van der Waals surface area contributed by atoms with Gasteiger partial charge in [-0.25, -0.2) is 0 Å². The van der Waals surface area contributed by atoms with Crippen LogP contribution in [0.25, 0.3) is 0 Å². The summed E-state index contributed by atoms with van der Waals surface area (Å²) in [4.78, 5) is 14.2. The molecule has 1 amide bonds. The van der Waals surface area contributed by atoms with Crippen molar-refractivity contribution >= 4 is 21.8 Å². The summed E-state index contributed by atoms with van der Waals surface area (Å²) < 4.78 is 1.03. The van der Waals surface area contributed by atoms with Gasteiger partial charge >= 0.3 is 0 Å². The summed E-state index contributed by atoms with van der Waals surface area (Å²) in [7, 11) is 0. The molecule has 0 spiro atoms. The molecule has 1 aliphatic heterocycles. The smallest absolute Gasteiger partial charge is 0.240 e. The fourth-order valence-corrected chi connectivity index (χ4v) is 3.18. The van der Waals surface area contributed by atoms with Gasteiger partial charge in [-0.2, -0.15) is 0 Å². The second-order valence-electron chi connectivity index (χ2n) is 5.28. The van der Waals surface area contributed by atoms with Crippen molar-refractivity contribution in [3.05, 3.63) is 34.3 Å². The number of hydrogen-bond acceptors (Lipinski definition) is 3. The van der Waals surface area contributed by atoms with Crippen LogP contribution in [-0.4, -0.2) is 36.0 Å².